The zero-order valence-electron chi connectivity index (χ0n) is 6.45. The lowest BCUT2D eigenvalue weighted by atomic mass is 10.1. The summed E-state index contributed by atoms with van der Waals surface area (Å²) in [6.07, 6.45) is 0.103. The molecule has 4 heteroatoms. The van der Waals surface area contributed by atoms with Crippen LogP contribution in [0.1, 0.15) is 5.56 Å². The van der Waals surface area contributed by atoms with E-state index < -0.39 is 5.91 Å². The van der Waals surface area contributed by atoms with Crippen LogP contribution < -0.4 is 11.5 Å². The molecule has 0 atom stereocenters. The van der Waals surface area contributed by atoms with Gasteiger partial charge in [-0.3, -0.25) is 4.79 Å². The maximum atomic E-state index is 10.5. The van der Waals surface area contributed by atoms with Crippen molar-refractivity contribution < 1.29 is 9.90 Å². The van der Waals surface area contributed by atoms with Crippen molar-refractivity contribution in [2.45, 2.75) is 6.42 Å². The Kier molecular flexibility index (Phi) is 2.19. The molecular weight excluding hydrogens is 156 g/mol. The lowest BCUT2D eigenvalue weighted by Crippen LogP contribution is -2.14. The van der Waals surface area contributed by atoms with E-state index >= 15 is 0 Å². The normalized spacial score (nSPS) is 9.67. The number of amides is 1. The second-order valence-electron chi connectivity index (χ2n) is 2.53. The third-order valence-electron chi connectivity index (χ3n) is 1.49. The van der Waals surface area contributed by atoms with Crippen molar-refractivity contribution in [1.29, 1.82) is 0 Å². The van der Waals surface area contributed by atoms with Gasteiger partial charge in [0.25, 0.3) is 0 Å². The summed E-state index contributed by atoms with van der Waals surface area (Å²) in [4.78, 5) is 10.5. The van der Waals surface area contributed by atoms with Crippen LogP contribution in [0.15, 0.2) is 18.2 Å². The Hall–Kier alpha value is -1.71. The van der Waals surface area contributed by atoms with Crippen LogP contribution in [-0.4, -0.2) is 11.0 Å². The first-order valence-electron chi connectivity index (χ1n) is 3.45. The zero-order valence-corrected chi connectivity index (χ0v) is 6.45. The topological polar surface area (TPSA) is 89.3 Å². The second kappa shape index (κ2) is 3.13. The predicted octanol–water partition coefficient (Wildman–Crippen LogP) is 0.00220. The maximum Gasteiger partial charge on any atom is 0.221 e. The molecule has 12 heavy (non-hydrogen) atoms. The van der Waals surface area contributed by atoms with Gasteiger partial charge in [-0.2, -0.15) is 0 Å². The lowest BCUT2D eigenvalue weighted by molar-refractivity contribution is -0.117. The van der Waals surface area contributed by atoms with E-state index in [0.717, 1.165) is 0 Å². The minimum Gasteiger partial charge on any atom is -0.508 e. The zero-order chi connectivity index (χ0) is 9.14. The SMILES string of the molecule is NC(=O)Cc1ccc(O)cc1N. The fourth-order valence-electron chi connectivity index (χ4n) is 0.931. The van der Waals surface area contributed by atoms with Gasteiger partial charge in [0.2, 0.25) is 5.91 Å². The molecule has 1 aromatic rings. The highest BCUT2D eigenvalue weighted by atomic mass is 16.3. The van der Waals surface area contributed by atoms with Gasteiger partial charge in [0.15, 0.2) is 0 Å². The molecule has 0 heterocycles. The molecule has 0 aromatic heterocycles. The Morgan fingerprint density at radius 1 is 1.50 bits per heavy atom. The van der Waals surface area contributed by atoms with Gasteiger partial charge in [-0.1, -0.05) is 6.07 Å². The molecule has 0 bridgehead atoms. The maximum absolute atomic E-state index is 10.5. The Balaban J connectivity index is 2.93. The molecule has 0 unspecified atom stereocenters. The summed E-state index contributed by atoms with van der Waals surface area (Å²) in [5, 5.41) is 8.98. The number of carbonyl (C=O) groups is 1. The molecule has 0 saturated heterocycles. The first kappa shape index (κ1) is 8.39. The van der Waals surface area contributed by atoms with Crippen LogP contribution in [0.2, 0.25) is 0 Å². The summed E-state index contributed by atoms with van der Waals surface area (Å²) in [5.41, 5.74) is 11.5. The Morgan fingerprint density at radius 2 is 2.17 bits per heavy atom. The number of phenols is 1. The van der Waals surface area contributed by atoms with Crippen LogP contribution in [0.25, 0.3) is 0 Å². The standard InChI is InChI=1S/C8H10N2O2/c9-7-4-6(11)2-1-5(7)3-8(10)12/h1-2,4,11H,3,9H2,(H2,10,12). The first-order valence-corrected chi connectivity index (χ1v) is 3.45. The number of hydrogen-bond acceptors (Lipinski definition) is 3. The molecule has 0 fully saturated rings. The summed E-state index contributed by atoms with van der Waals surface area (Å²) in [6.45, 7) is 0. The third kappa shape index (κ3) is 1.88. The van der Waals surface area contributed by atoms with Gasteiger partial charge in [-0.15, -0.1) is 0 Å². The van der Waals surface area contributed by atoms with E-state index in [0.29, 0.717) is 11.3 Å². The van der Waals surface area contributed by atoms with Crippen molar-refractivity contribution in [2.75, 3.05) is 5.73 Å². The quantitative estimate of drug-likeness (QED) is 0.540. The molecule has 0 radical (unpaired) electrons. The molecular formula is C8H10N2O2. The summed E-state index contributed by atoms with van der Waals surface area (Å²) < 4.78 is 0. The first-order chi connectivity index (χ1) is 5.59. The minimum absolute atomic E-state index is 0.0840. The number of carbonyl (C=O) groups excluding carboxylic acids is 1. The molecule has 4 nitrogen and oxygen atoms in total. The smallest absolute Gasteiger partial charge is 0.221 e. The van der Waals surface area contributed by atoms with Gasteiger partial charge in [0.05, 0.1) is 6.42 Å². The minimum atomic E-state index is -0.438. The summed E-state index contributed by atoms with van der Waals surface area (Å²) in [6, 6.07) is 4.43. The third-order valence-corrected chi connectivity index (χ3v) is 1.49. The molecule has 1 aromatic carbocycles. The van der Waals surface area contributed by atoms with E-state index in [1.165, 1.54) is 12.1 Å². The Morgan fingerprint density at radius 3 is 2.67 bits per heavy atom. The number of primary amides is 1. The van der Waals surface area contributed by atoms with E-state index in [2.05, 4.69) is 0 Å². The summed E-state index contributed by atoms with van der Waals surface area (Å²) in [7, 11) is 0. The number of benzene rings is 1. The second-order valence-corrected chi connectivity index (χ2v) is 2.53. The van der Waals surface area contributed by atoms with E-state index in [-0.39, 0.29) is 12.2 Å². The highest BCUT2D eigenvalue weighted by Gasteiger charge is 2.02. The van der Waals surface area contributed by atoms with Crippen LogP contribution in [0, 0.1) is 0 Å². The number of nitrogens with two attached hydrogens (primary N) is 2. The Labute approximate surface area is 69.8 Å². The summed E-state index contributed by atoms with van der Waals surface area (Å²) >= 11 is 0. The van der Waals surface area contributed by atoms with Crippen LogP contribution >= 0.6 is 0 Å². The summed E-state index contributed by atoms with van der Waals surface area (Å²) in [5.74, 6) is -0.354. The molecule has 0 aliphatic carbocycles. The average molecular weight is 166 g/mol. The van der Waals surface area contributed by atoms with Crippen LogP contribution in [0.4, 0.5) is 5.69 Å². The van der Waals surface area contributed by atoms with Gasteiger partial charge >= 0.3 is 0 Å². The molecule has 0 aliphatic heterocycles. The van der Waals surface area contributed by atoms with Gasteiger partial charge in [0, 0.05) is 11.8 Å². The van der Waals surface area contributed by atoms with E-state index in [4.69, 9.17) is 16.6 Å². The average Bonchev–Trinajstić information content (AvgIpc) is 1.94. The fraction of sp³-hybridized carbons (Fsp3) is 0.125. The fourth-order valence-corrected chi connectivity index (χ4v) is 0.931. The molecule has 0 aliphatic rings. The molecule has 0 spiro atoms. The van der Waals surface area contributed by atoms with Crippen molar-refractivity contribution in [3.8, 4) is 5.75 Å². The van der Waals surface area contributed by atoms with Crippen LogP contribution in [-0.2, 0) is 11.2 Å². The molecule has 5 N–H and O–H groups in total. The van der Waals surface area contributed by atoms with Crippen LogP contribution in [0.3, 0.4) is 0 Å². The molecule has 0 saturated carbocycles. The van der Waals surface area contributed by atoms with Gasteiger partial charge in [-0.05, 0) is 11.6 Å². The van der Waals surface area contributed by atoms with E-state index in [9.17, 15) is 4.79 Å². The van der Waals surface area contributed by atoms with Gasteiger partial charge < -0.3 is 16.6 Å². The number of rotatable bonds is 2. The van der Waals surface area contributed by atoms with E-state index in [1.807, 2.05) is 0 Å². The monoisotopic (exact) mass is 166 g/mol. The van der Waals surface area contributed by atoms with Crippen molar-refractivity contribution in [3.05, 3.63) is 23.8 Å². The van der Waals surface area contributed by atoms with Gasteiger partial charge in [-0.25, -0.2) is 0 Å². The highest BCUT2D eigenvalue weighted by molar-refractivity contribution is 5.78. The number of aromatic hydroxyl groups is 1. The predicted molar refractivity (Wildman–Crippen MR) is 45.4 cm³/mol. The number of nitrogen functional groups attached to an aromatic ring is 1. The molecule has 1 rings (SSSR count). The Bertz CT molecular complexity index is 310. The number of anilines is 1. The van der Waals surface area contributed by atoms with Crippen molar-refractivity contribution in [1.82, 2.24) is 0 Å². The number of hydrogen-bond donors (Lipinski definition) is 3. The highest BCUT2D eigenvalue weighted by Crippen LogP contribution is 2.18. The lowest BCUT2D eigenvalue weighted by Gasteiger charge is -2.02. The molecule has 64 valence electrons. The molecule has 1 amide bonds. The van der Waals surface area contributed by atoms with Gasteiger partial charge in [0.1, 0.15) is 5.75 Å². The van der Waals surface area contributed by atoms with Crippen molar-refractivity contribution in [3.63, 3.8) is 0 Å². The van der Waals surface area contributed by atoms with Crippen LogP contribution in [0.5, 0.6) is 5.75 Å². The van der Waals surface area contributed by atoms with Crippen molar-refractivity contribution in [2.24, 2.45) is 5.73 Å². The van der Waals surface area contributed by atoms with E-state index in [1.54, 1.807) is 6.07 Å². The van der Waals surface area contributed by atoms with Crippen molar-refractivity contribution >= 4 is 11.6 Å². The largest absolute Gasteiger partial charge is 0.508 e. The number of phenolic OH excluding ortho intramolecular Hbond substituents is 1.